The van der Waals surface area contributed by atoms with Gasteiger partial charge in [-0.3, -0.25) is 0 Å². The molecule has 0 aromatic heterocycles. The van der Waals surface area contributed by atoms with Gasteiger partial charge in [-0.05, 0) is 19.9 Å². The van der Waals surface area contributed by atoms with Crippen molar-refractivity contribution in [3.8, 4) is 0 Å². The van der Waals surface area contributed by atoms with Gasteiger partial charge in [0.15, 0.2) is 0 Å². The fourth-order valence-corrected chi connectivity index (χ4v) is 0.752. The van der Waals surface area contributed by atoms with Crippen LogP contribution in [0.15, 0.2) is 0 Å². The Morgan fingerprint density at radius 3 is 2.80 bits per heavy atom. The van der Waals surface area contributed by atoms with Gasteiger partial charge in [0.25, 0.3) is 0 Å². The van der Waals surface area contributed by atoms with E-state index in [0.717, 1.165) is 26.1 Å². The van der Waals surface area contributed by atoms with E-state index in [1.807, 2.05) is 6.92 Å². The molecule has 0 spiro atoms. The molecule has 2 nitrogen and oxygen atoms in total. The SMILES string of the molecule is COCCCNCC(C)Cl. The lowest BCUT2D eigenvalue weighted by molar-refractivity contribution is 0.194. The second-order valence-electron chi connectivity index (χ2n) is 2.33. The zero-order valence-electron chi connectivity index (χ0n) is 6.69. The number of nitrogens with one attached hydrogen (secondary N) is 1. The van der Waals surface area contributed by atoms with Crippen LogP contribution in [0.5, 0.6) is 0 Å². The van der Waals surface area contributed by atoms with E-state index < -0.39 is 0 Å². The molecule has 0 saturated carbocycles. The molecule has 1 unspecified atom stereocenters. The van der Waals surface area contributed by atoms with E-state index in [9.17, 15) is 0 Å². The smallest absolute Gasteiger partial charge is 0.0474 e. The van der Waals surface area contributed by atoms with Gasteiger partial charge in [-0.1, -0.05) is 0 Å². The molecule has 0 aliphatic carbocycles. The molecule has 0 radical (unpaired) electrons. The van der Waals surface area contributed by atoms with Crippen LogP contribution in [-0.2, 0) is 4.74 Å². The van der Waals surface area contributed by atoms with Crippen LogP contribution in [0.25, 0.3) is 0 Å². The first-order chi connectivity index (χ1) is 4.77. The topological polar surface area (TPSA) is 21.3 Å². The van der Waals surface area contributed by atoms with E-state index >= 15 is 0 Å². The second-order valence-corrected chi connectivity index (χ2v) is 3.08. The highest BCUT2D eigenvalue weighted by Crippen LogP contribution is 1.89. The Bertz CT molecular complexity index is 68.6. The number of halogens is 1. The highest BCUT2D eigenvalue weighted by molar-refractivity contribution is 6.20. The van der Waals surface area contributed by atoms with E-state index in [1.54, 1.807) is 7.11 Å². The number of ether oxygens (including phenoxy) is 1. The van der Waals surface area contributed by atoms with E-state index in [4.69, 9.17) is 16.3 Å². The van der Waals surface area contributed by atoms with Crippen LogP contribution in [0.2, 0.25) is 0 Å². The molecule has 0 saturated heterocycles. The number of rotatable bonds is 6. The van der Waals surface area contributed by atoms with Gasteiger partial charge in [0.05, 0.1) is 0 Å². The summed E-state index contributed by atoms with van der Waals surface area (Å²) in [5.74, 6) is 0. The Kier molecular flexibility index (Phi) is 7.47. The van der Waals surface area contributed by atoms with Crippen molar-refractivity contribution in [2.24, 2.45) is 0 Å². The number of hydrogen-bond donors (Lipinski definition) is 1. The van der Waals surface area contributed by atoms with Gasteiger partial charge < -0.3 is 10.1 Å². The van der Waals surface area contributed by atoms with Gasteiger partial charge >= 0.3 is 0 Å². The minimum Gasteiger partial charge on any atom is -0.385 e. The summed E-state index contributed by atoms with van der Waals surface area (Å²) in [7, 11) is 1.71. The van der Waals surface area contributed by atoms with Crippen LogP contribution in [0, 0.1) is 0 Å². The maximum Gasteiger partial charge on any atom is 0.0474 e. The predicted octanol–water partition coefficient (Wildman–Crippen LogP) is 1.24. The molecule has 10 heavy (non-hydrogen) atoms. The summed E-state index contributed by atoms with van der Waals surface area (Å²) < 4.78 is 4.88. The monoisotopic (exact) mass is 165 g/mol. The summed E-state index contributed by atoms with van der Waals surface area (Å²) in [5.41, 5.74) is 0. The third kappa shape index (κ3) is 8.21. The molecule has 0 aliphatic rings. The van der Waals surface area contributed by atoms with Gasteiger partial charge in [-0.2, -0.15) is 0 Å². The Balaban J connectivity index is 2.77. The van der Waals surface area contributed by atoms with Crippen LogP contribution in [0.4, 0.5) is 0 Å². The molecule has 0 aliphatic heterocycles. The molecule has 3 heteroatoms. The molecule has 0 rings (SSSR count). The summed E-state index contributed by atoms with van der Waals surface area (Å²) >= 11 is 5.70. The van der Waals surface area contributed by atoms with Crippen LogP contribution in [0.3, 0.4) is 0 Å². The van der Waals surface area contributed by atoms with Crippen LogP contribution in [0.1, 0.15) is 13.3 Å². The molecule has 0 bridgehead atoms. The van der Waals surface area contributed by atoms with Crippen LogP contribution in [-0.4, -0.2) is 32.2 Å². The Labute approximate surface area is 67.9 Å². The summed E-state index contributed by atoms with van der Waals surface area (Å²) in [6, 6.07) is 0. The molecule has 62 valence electrons. The van der Waals surface area contributed by atoms with E-state index in [2.05, 4.69) is 5.32 Å². The average Bonchev–Trinajstić information content (AvgIpc) is 1.87. The first-order valence-electron chi connectivity index (χ1n) is 3.61. The molecule has 0 amide bonds. The molecule has 1 N–H and O–H groups in total. The number of hydrogen-bond acceptors (Lipinski definition) is 2. The van der Waals surface area contributed by atoms with Crippen molar-refractivity contribution in [3.63, 3.8) is 0 Å². The van der Waals surface area contributed by atoms with Crippen molar-refractivity contribution in [1.82, 2.24) is 5.32 Å². The van der Waals surface area contributed by atoms with Gasteiger partial charge in [0, 0.05) is 25.6 Å². The maximum absolute atomic E-state index is 5.70. The highest BCUT2D eigenvalue weighted by Gasteiger charge is 1.92. The Hall–Kier alpha value is 0.210. The van der Waals surface area contributed by atoms with Gasteiger partial charge in [-0.15, -0.1) is 11.6 Å². The zero-order valence-corrected chi connectivity index (χ0v) is 7.45. The van der Waals surface area contributed by atoms with Crippen molar-refractivity contribution < 1.29 is 4.74 Å². The van der Waals surface area contributed by atoms with Gasteiger partial charge in [0.2, 0.25) is 0 Å². The molecule has 0 heterocycles. The molecule has 0 aromatic rings. The van der Waals surface area contributed by atoms with Crippen LogP contribution >= 0.6 is 11.6 Å². The third-order valence-corrected chi connectivity index (χ3v) is 1.28. The lowest BCUT2D eigenvalue weighted by Gasteiger charge is -2.04. The molecular weight excluding hydrogens is 150 g/mol. The summed E-state index contributed by atoms with van der Waals surface area (Å²) in [6.45, 7) is 4.67. The third-order valence-electron chi connectivity index (χ3n) is 1.13. The van der Waals surface area contributed by atoms with Crippen molar-refractivity contribution in [1.29, 1.82) is 0 Å². The predicted molar refractivity (Wildman–Crippen MR) is 44.7 cm³/mol. The molecule has 1 atom stereocenters. The van der Waals surface area contributed by atoms with Gasteiger partial charge in [-0.25, -0.2) is 0 Å². The quantitative estimate of drug-likeness (QED) is 0.473. The number of methoxy groups -OCH3 is 1. The fraction of sp³-hybridized carbons (Fsp3) is 1.00. The first kappa shape index (κ1) is 10.2. The standard InChI is InChI=1S/C7H16ClNO/c1-7(8)6-9-4-3-5-10-2/h7,9H,3-6H2,1-2H3. The Morgan fingerprint density at radius 1 is 1.60 bits per heavy atom. The second kappa shape index (κ2) is 7.32. The van der Waals surface area contributed by atoms with E-state index in [1.165, 1.54) is 0 Å². The van der Waals surface area contributed by atoms with E-state index in [-0.39, 0.29) is 5.38 Å². The largest absolute Gasteiger partial charge is 0.385 e. The van der Waals surface area contributed by atoms with Gasteiger partial charge in [0.1, 0.15) is 0 Å². The first-order valence-corrected chi connectivity index (χ1v) is 4.04. The summed E-state index contributed by atoms with van der Waals surface area (Å²) in [5, 5.41) is 3.43. The molecular formula is C7H16ClNO. The maximum atomic E-state index is 5.70. The molecule has 0 fully saturated rings. The zero-order chi connectivity index (χ0) is 7.82. The Morgan fingerprint density at radius 2 is 2.30 bits per heavy atom. The molecule has 0 aromatic carbocycles. The summed E-state index contributed by atoms with van der Waals surface area (Å²) in [4.78, 5) is 0. The fourth-order valence-electron chi connectivity index (χ4n) is 0.642. The van der Waals surface area contributed by atoms with Crippen molar-refractivity contribution in [2.45, 2.75) is 18.7 Å². The highest BCUT2D eigenvalue weighted by atomic mass is 35.5. The average molecular weight is 166 g/mol. The lowest BCUT2D eigenvalue weighted by Crippen LogP contribution is -2.23. The van der Waals surface area contributed by atoms with Crippen molar-refractivity contribution >= 4 is 11.6 Å². The van der Waals surface area contributed by atoms with E-state index in [0.29, 0.717) is 0 Å². The normalized spacial score (nSPS) is 13.5. The number of alkyl halides is 1. The lowest BCUT2D eigenvalue weighted by atomic mass is 10.4. The van der Waals surface area contributed by atoms with Crippen molar-refractivity contribution in [2.75, 3.05) is 26.8 Å². The minimum absolute atomic E-state index is 0.225. The minimum atomic E-state index is 0.225. The van der Waals surface area contributed by atoms with Crippen LogP contribution < -0.4 is 5.32 Å². The summed E-state index contributed by atoms with van der Waals surface area (Å²) in [6.07, 6.45) is 1.06. The van der Waals surface area contributed by atoms with Crippen molar-refractivity contribution in [3.05, 3.63) is 0 Å².